The van der Waals surface area contributed by atoms with Crippen LogP contribution in [-0.2, 0) is 6.54 Å². The summed E-state index contributed by atoms with van der Waals surface area (Å²) in [4.78, 5) is 4.49. The van der Waals surface area contributed by atoms with E-state index in [9.17, 15) is 0 Å². The first-order valence-electron chi connectivity index (χ1n) is 9.95. The fourth-order valence-corrected chi connectivity index (χ4v) is 3.58. The van der Waals surface area contributed by atoms with E-state index < -0.39 is 0 Å². The maximum absolute atomic E-state index is 6.02. The third-order valence-electron chi connectivity index (χ3n) is 5.15. The third kappa shape index (κ3) is 3.93. The monoisotopic (exact) mass is 385 g/mol. The summed E-state index contributed by atoms with van der Waals surface area (Å²) in [5, 5.41) is 11.4. The molecule has 6 nitrogen and oxygen atoms in total. The van der Waals surface area contributed by atoms with Crippen LogP contribution in [0.1, 0.15) is 12.0 Å². The summed E-state index contributed by atoms with van der Waals surface area (Å²) in [6.45, 7) is 2.67. The molecule has 5 rings (SSSR count). The van der Waals surface area contributed by atoms with E-state index in [4.69, 9.17) is 9.84 Å². The Morgan fingerprint density at radius 3 is 2.69 bits per heavy atom. The largest absolute Gasteiger partial charge is 0.489 e. The summed E-state index contributed by atoms with van der Waals surface area (Å²) >= 11 is 0. The summed E-state index contributed by atoms with van der Waals surface area (Å²) in [5.74, 6) is 1.71. The Kier molecular flexibility index (Phi) is 4.84. The molecule has 1 atom stereocenters. The first kappa shape index (κ1) is 17.7. The van der Waals surface area contributed by atoms with Crippen molar-refractivity contribution in [3.05, 3.63) is 78.5 Å². The highest BCUT2D eigenvalue weighted by Gasteiger charge is 2.16. The molecular formula is C23H23N5O. The Balaban J connectivity index is 1.35. The second-order valence-electron chi connectivity index (χ2n) is 7.23. The van der Waals surface area contributed by atoms with Gasteiger partial charge < -0.3 is 15.4 Å². The standard InChI is InChI=1S/C23H23N5O/c1-2-4-17(5-3-1)14-25-22-10-11-23-26-16-21(28(23)27-22)18-6-8-19(9-7-18)29-20-12-13-24-15-20/h1-11,16,20,24H,12-15H2,(H,25,27)/t20-/m1/s1. The zero-order valence-corrected chi connectivity index (χ0v) is 16.1. The summed E-state index contributed by atoms with van der Waals surface area (Å²) in [5.41, 5.74) is 4.05. The minimum atomic E-state index is 0.261. The van der Waals surface area contributed by atoms with E-state index in [1.54, 1.807) is 0 Å². The fraction of sp³-hybridized carbons (Fsp3) is 0.217. The van der Waals surface area contributed by atoms with Crippen LogP contribution in [0.25, 0.3) is 16.9 Å². The van der Waals surface area contributed by atoms with E-state index in [-0.39, 0.29) is 6.10 Å². The van der Waals surface area contributed by atoms with Crippen molar-refractivity contribution in [2.75, 3.05) is 18.4 Å². The maximum atomic E-state index is 6.02. The first-order chi connectivity index (χ1) is 14.3. The fourth-order valence-electron chi connectivity index (χ4n) is 3.58. The molecule has 29 heavy (non-hydrogen) atoms. The van der Waals surface area contributed by atoms with Crippen LogP contribution < -0.4 is 15.4 Å². The van der Waals surface area contributed by atoms with Crippen molar-refractivity contribution >= 4 is 11.5 Å². The number of nitrogens with one attached hydrogen (secondary N) is 2. The van der Waals surface area contributed by atoms with E-state index in [1.807, 2.05) is 53.2 Å². The van der Waals surface area contributed by atoms with Crippen LogP contribution in [0, 0.1) is 0 Å². The predicted molar refractivity (Wildman–Crippen MR) is 114 cm³/mol. The van der Waals surface area contributed by atoms with Crippen LogP contribution in [-0.4, -0.2) is 33.8 Å². The number of aromatic nitrogens is 3. The van der Waals surface area contributed by atoms with Crippen LogP contribution in [0.4, 0.5) is 5.82 Å². The van der Waals surface area contributed by atoms with Crippen molar-refractivity contribution in [3.8, 4) is 17.0 Å². The molecule has 0 radical (unpaired) electrons. The average molecular weight is 385 g/mol. The Morgan fingerprint density at radius 2 is 1.90 bits per heavy atom. The van der Waals surface area contributed by atoms with Crippen LogP contribution >= 0.6 is 0 Å². The van der Waals surface area contributed by atoms with Gasteiger partial charge in [-0.2, -0.15) is 0 Å². The Bertz CT molecular complexity index is 1090. The smallest absolute Gasteiger partial charge is 0.154 e. The van der Waals surface area contributed by atoms with Crippen LogP contribution in [0.15, 0.2) is 72.9 Å². The molecule has 2 aromatic heterocycles. The number of nitrogens with zero attached hydrogens (tertiary/aromatic N) is 3. The van der Waals surface area contributed by atoms with Crippen molar-refractivity contribution in [3.63, 3.8) is 0 Å². The molecule has 0 aliphatic carbocycles. The number of benzene rings is 2. The summed E-state index contributed by atoms with van der Waals surface area (Å²) < 4.78 is 7.90. The highest BCUT2D eigenvalue weighted by Crippen LogP contribution is 2.24. The number of ether oxygens (including phenoxy) is 1. The molecule has 0 bridgehead atoms. The number of rotatable bonds is 6. The SMILES string of the molecule is c1ccc(CNc2ccc3ncc(-c4ccc(O[C@@H]5CCNC5)cc4)n3n2)cc1. The van der Waals surface area contributed by atoms with E-state index in [0.717, 1.165) is 54.5 Å². The number of imidazole rings is 1. The molecule has 6 heteroatoms. The zero-order chi connectivity index (χ0) is 19.5. The quantitative estimate of drug-likeness (QED) is 0.529. The van der Waals surface area contributed by atoms with Crippen molar-refractivity contribution in [1.29, 1.82) is 0 Å². The number of hydrogen-bond donors (Lipinski definition) is 2. The van der Waals surface area contributed by atoms with Gasteiger partial charge in [0, 0.05) is 18.7 Å². The first-order valence-corrected chi connectivity index (χ1v) is 9.95. The Morgan fingerprint density at radius 1 is 1.03 bits per heavy atom. The molecule has 0 amide bonds. The van der Waals surface area contributed by atoms with E-state index >= 15 is 0 Å². The van der Waals surface area contributed by atoms with Gasteiger partial charge in [-0.1, -0.05) is 30.3 Å². The van der Waals surface area contributed by atoms with Crippen LogP contribution in [0.2, 0.25) is 0 Å². The zero-order valence-electron chi connectivity index (χ0n) is 16.1. The highest BCUT2D eigenvalue weighted by molar-refractivity contribution is 5.64. The second-order valence-corrected chi connectivity index (χ2v) is 7.23. The predicted octanol–water partition coefficient (Wildman–Crippen LogP) is 3.75. The molecule has 1 saturated heterocycles. The molecule has 2 N–H and O–H groups in total. The average Bonchev–Trinajstić information content (AvgIpc) is 3.43. The lowest BCUT2D eigenvalue weighted by atomic mass is 10.1. The Hall–Kier alpha value is -3.38. The number of hydrogen-bond acceptors (Lipinski definition) is 5. The summed E-state index contributed by atoms with van der Waals surface area (Å²) in [6.07, 6.45) is 3.18. The van der Waals surface area contributed by atoms with Gasteiger partial charge in [-0.05, 0) is 54.9 Å². The molecule has 4 aromatic rings. The van der Waals surface area contributed by atoms with E-state index in [2.05, 4.69) is 39.9 Å². The van der Waals surface area contributed by atoms with Crippen molar-refractivity contribution in [1.82, 2.24) is 19.9 Å². The molecule has 0 spiro atoms. The van der Waals surface area contributed by atoms with Gasteiger partial charge in [-0.15, -0.1) is 5.10 Å². The van der Waals surface area contributed by atoms with Crippen molar-refractivity contribution in [2.24, 2.45) is 0 Å². The van der Waals surface area contributed by atoms with Gasteiger partial charge in [0.2, 0.25) is 0 Å². The lowest BCUT2D eigenvalue weighted by Gasteiger charge is -2.12. The van der Waals surface area contributed by atoms with Gasteiger partial charge in [0.25, 0.3) is 0 Å². The summed E-state index contributed by atoms with van der Waals surface area (Å²) in [7, 11) is 0. The van der Waals surface area contributed by atoms with Gasteiger partial charge in [0.15, 0.2) is 5.65 Å². The molecule has 0 unspecified atom stereocenters. The van der Waals surface area contributed by atoms with Crippen LogP contribution in [0.3, 0.4) is 0 Å². The normalized spacial score (nSPS) is 16.2. The number of anilines is 1. The minimum Gasteiger partial charge on any atom is -0.489 e. The van der Waals surface area contributed by atoms with Crippen LogP contribution in [0.5, 0.6) is 5.75 Å². The molecule has 2 aromatic carbocycles. The topological polar surface area (TPSA) is 63.5 Å². The summed E-state index contributed by atoms with van der Waals surface area (Å²) in [6, 6.07) is 22.4. The molecule has 0 saturated carbocycles. The lowest BCUT2D eigenvalue weighted by molar-refractivity contribution is 0.223. The maximum Gasteiger partial charge on any atom is 0.154 e. The van der Waals surface area contributed by atoms with Gasteiger partial charge in [-0.3, -0.25) is 0 Å². The van der Waals surface area contributed by atoms with E-state index in [0.29, 0.717) is 0 Å². The molecular weight excluding hydrogens is 362 g/mol. The minimum absolute atomic E-state index is 0.261. The van der Waals surface area contributed by atoms with E-state index in [1.165, 1.54) is 5.56 Å². The third-order valence-corrected chi connectivity index (χ3v) is 5.15. The highest BCUT2D eigenvalue weighted by atomic mass is 16.5. The lowest BCUT2D eigenvalue weighted by Crippen LogP contribution is -2.19. The van der Waals surface area contributed by atoms with Gasteiger partial charge in [0.05, 0.1) is 11.9 Å². The molecule has 1 fully saturated rings. The number of fused-ring (bicyclic) bond motifs is 1. The van der Waals surface area contributed by atoms with Crippen molar-refractivity contribution in [2.45, 2.75) is 19.1 Å². The van der Waals surface area contributed by atoms with Gasteiger partial charge in [-0.25, -0.2) is 9.50 Å². The van der Waals surface area contributed by atoms with Crippen molar-refractivity contribution < 1.29 is 4.74 Å². The molecule has 1 aliphatic rings. The molecule has 3 heterocycles. The Labute approximate surface area is 169 Å². The second kappa shape index (κ2) is 7.93. The molecule has 1 aliphatic heterocycles. The van der Waals surface area contributed by atoms with Gasteiger partial charge in [0.1, 0.15) is 17.7 Å². The molecule has 146 valence electrons. The van der Waals surface area contributed by atoms with Gasteiger partial charge >= 0.3 is 0 Å².